The van der Waals surface area contributed by atoms with Crippen LogP contribution in [0, 0.1) is 0 Å². The van der Waals surface area contributed by atoms with Gasteiger partial charge in [0.05, 0.1) is 0 Å². The van der Waals surface area contributed by atoms with Gasteiger partial charge in [-0.3, -0.25) is 14.4 Å². The fourth-order valence-electron chi connectivity index (χ4n) is 7.07. The molecule has 0 aliphatic carbocycles. The Morgan fingerprint density at radius 2 is 0.645 bits per heavy atom. The summed E-state index contributed by atoms with van der Waals surface area (Å²) in [6, 6.07) is 0. The summed E-state index contributed by atoms with van der Waals surface area (Å²) >= 11 is 0. The highest BCUT2D eigenvalue weighted by atomic mass is 16.6. The Morgan fingerprint density at radius 3 is 1.03 bits per heavy atom. The molecule has 0 aliphatic rings. The average molecular weight is 865 g/mol. The van der Waals surface area contributed by atoms with E-state index in [1.807, 2.05) is 0 Å². The fourth-order valence-corrected chi connectivity index (χ4v) is 7.07. The van der Waals surface area contributed by atoms with E-state index in [4.69, 9.17) is 14.2 Å². The SMILES string of the molecule is CC/C=C\C/C=C\C/C=C\CCCC(=O)OCC(COC(=O)CCC/C=C\C/C=C\C/C=C\CCCCCCCC)OC(=O)CCCCCCCCCCCCCCCCCC. The molecule has 0 spiro atoms. The fraction of sp³-hybridized carbons (Fsp3) is 0.732. The van der Waals surface area contributed by atoms with Crippen LogP contribution in [0.15, 0.2) is 72.9 Å². The number of hydrogen-bond donors (Lipinski definition) is 0. The number of carbonyl (C=O) groups excluding carboxylic acids is 3. The second-order valence-corrected chi connectivity index (χ2v) is 17.1. The monoisotopic (exact) mass is 865 g/mol. The van der Waals surface area contributed by atoms with Crippen LogP contribution in [-0.4, -0.2) is 37.2 Å². The van der Waals surface area contributed by atoms with Gasteiger partial charge in [0, 0.05) is 19.3 Å². The molecule has 0 heterocycles. The molecule has 0 rings (SSSR count). The van der Waals surface area contributed by atoms with Crippen LogP contribution in [0.25, 0.3) is 0 Å². The van der Waals surface area contributed by atoms with E-state index < -0.39 is 6.10 Å². The number of hydrogen-bond acceptors (Lipinski definition) is 6. The Labute approximate surface area is 382 Å². The van der Waals surface area contributed by atoms with Gasteiger partial charge in [0.25, 0.3) is 0 Å². The molecule has 0 saturated heterocycles. The molecule has 0 radical (unpaired) electrons. The first-order valence-corrected chi connectivity index (χ1v) is 25.9. The van der Waals surface area contributed by atoms with Crippen molar-refractivity contribution in [3.05, 3.63) is 72.9 Å². The van der Waals surface area contributed by atoms with E-state index >= 15 is 0 Å². The van der Waals surface area contributed by atoms with E-state index in [9.17, 15) is 14.4 Å². The second kappa shape index (κ2) is 50.5. The van der Waals surface area contributed by atoms with Gasteiger partial charge in [-0.2, -0.15) is 0 Å². The van der Waals surface area contributed by atoms with Gasteiger partial charge < -0.3 is 14.2 Å². The predicted octanol–water partition coefficient (Wildman–Crippen LogP) is 17.0. The number of unbranched alkanes of at least 4 members (excludes halogenated alkanes) is 23. The Kier molecular flexibility index (Phi) is 47.9. The molecular formula is C56H96O6. The van der Waals surface area contributed by atoms with Crippen molar-refractivity contribution in [2.75, 3.05) is 13.2 Å². The number of rotatable bonds is 46. The van der Waals surface area contributed by atoms with Crippen molar-refractivity contribution in [3.8, 4) is 0 Å². The lowest BCUT2D eigenvalue weighted by molar-refractivity contribution is -0.167. The van der Waals surface area contributed by atoms with Gasteiger partial charge in [0.2, 0.25) is 0 Å². The molecule has 0 fully saturated rings. The summed E-state index contributed by atoms with van der Waals surface area (Å²) in [7, 11) is 0. The quantitative estimate of drug-likeness (QED) is 0.0262. The van der Waals surface area contributed by atoms with Crippen LogP contribution in [0.4, 0.5) is 0 Å². The summed E-state index contributed by atoms with van der Waals surface area (Å²) in [5.41, 5.74) is 0. The third-order valence-corrected chi connectivity index (χ3v) is 10.9. The second-order valence-electron chi connectivity index (χ2n) is 17.1. The Hall–Kier alpha value is -3.15. The summed E-state index contributed by atoms with van der Waals surface area (Å²) < 4.78 is 16.7. The average Bonchev–Trinajstić information content (AvgIpc) is 3.27. The molecule has 0 amide bonds. The van der Waals surface area contributed by atoms with Crippen LogP contribution in [-0.2, 0) is 28.6 Å². The molecule has 62 heavy (non-hydrogen) atoms. The number of carbonyl (C=O) groups is 3. The van der Waals surface area contributed by atoms with E-state index in [-0.39, 0.29) is 44.0 Å². The maximum atomic E-state index is 12.8. The van der Waals surface area contributed by atoms with Crippen molar-refractivity contribution in [1.82, 2.24) is 0 Å². The van der Waals surface area contributed by atoms with Crippen LogP contribution in [0.5, 0.6) is 0 Å². The summed E-state index contributed by atoms with van der Waals surface area (Å²) in [5, 5.41) is 0. The third kappa shape index (κ3) is 47.9. The van der Waals surface area contributed by atoms with Gasteiger partial charge >= 0.3 is 17.9 Å². The van der Waals surface area contributed by atoms with Gasteiger partial charge in [-0.25, -0.2) is 0 Å². The first-order chi connectivity index (χ1) is 30.5. The van der Waals surface area contributed by atoms with Gasteiger partial charge in [0.1, 0.15) is 13.2 Å². The lowest BCUT2D eigenvalue weighted by Gasteiger charge is -2.18. The van der Waals surface area contributed by atoms with Crippen molar-refractivity contribution >= 4 is 17.9 Å². The molecule has 0 bridgehead atoms. The zero-order valence-electron chi connectivity index (χ0n) is 40.6. The van der Waals surface area contributed by atoms with Crippen LogP contribution >= 0.6 is 0 Å². The van der Waals surface area contributed by atoms with E-state index in [0.717, 1.165) is 64.2 Å². The molecule has 1 atom stereocenters. The third-order valence-electron chi connectivity index (χ3n) is 10.9. The normalized spacial score (nSPS) is 12.6. The number of allylic oxidation sites excluding steroid dienone is 12. The van der Waals surface area contributed by atoms with E-state index in [0.29, 0.717) is 19.3 Å². The Balaban J connectivity index is 4.46. The Morgan fingerprint density at radius 1 is 0.339 bits per heavy atom. The molecule has 1 unspecified atom stereocenters. The first-order valence-electron chi connectivity index (χ1n) is 25.9. The zero-order valence-corrected chi connectivity index (χ0v) is 40.6. The maximum Gasteiger partial charge on any atom is 0.306 e. The van der Waals surface area contributed by atoms with Crippen LogP contribution < -0.4 is 0 Å². The lowest BCUT2D eigenvalue weighted by Crippen LogP contribution is -2.30. The number of ether oxygens (including phenoxy) is 3. The molecule has 0 aromatic rings. The highest BCUT2D eigenvalue weighted by molar-refractivity contribution is 5.71. The first kappa shape index (κ1) is 58.9. The molecular weight excluding hydrogens is 769 g/mol. The standard InChI is InChI=1S/C56H96O6/c1-4-7-10-13-16-19-22-24-26-28-30-31-34-37-40-43-46-49-55(58)61-52-53(51-60-54(57)48-45-42-39-36-33-21-18-15-12-9-6-3)62-56(59)50-47-44-41-38-35-32-29-27-25-23-20-17-14-11-8-5-2/h9,12,18,21,24,26,30-31,36-37,39-40,53H,4-8,10-11,13-17,19-20,22-23,25,27-29,32-35,38,41-52H2,1-3H3/b12-9-,21-18-,26-24-,31-30-,39-36-,40-37-. The van der Waals surface area contributed by atoms with Crippen LogP contribution in [0.3, 0.4) is 0 Å². The molecule has 6 nitrogen and oxygen atoms in total. The topological polar surface area (TPSA) is 78.9 Å². The van der Waals surface area contributed by atoms with E-state index in [1.165, 1.54) is 128 Å². The molecule has 356 valence electrons. The minimum Gasteiger partial charge on any atom is -0.462 e. The summed E-state index contributed by atoms with van der Waals surface area (Å²) in [6.45, 7) is 6.43. The van der Waals surface area contributed by atoms with Crippen molar-refractivity contribution in [2.45, 2.75) is 252 Å². The van der Waals surface area contributed by atoms with Gasteiger partial charge in [-0.15, -0.1) is 0 Å². The molecule has 0 aromatic heterocycles. The molecule has 0 aromatic carbocycles. The summed E-state index contributed by atoms with van der Waals surface area (Å²) in [6.07, 6.45) is 63.3. The summed E-state index contributed by atoms with van der Waals surface area (Å²) in [5.74, 6) is -1.01. The Bertz CT molecular complexity index is 1180. The smallest absolute Gasteiger partial charge is 0.306 e. The predicted molar refractivity (Wildman–Crippen MR) is 265 cm³/mol. The van der Waals surface area contributed by atoms with Crippen molar-refractivity contribution in [1.29, 1.82) is 0 Å². The molecule has 0 N–H and O–H groups in total. The molecule has 0 aliphatic heterocycles. The van der Waals surface area contributed by atoms with Crippen molar-refractivity contribution in [2.24, 2.45) is 0 Å². The van der Waals surface area contributed by atoms with Crippen molar-refractivity contribution in [3.63, 3.8) is 0 Å². The minimum absolute atomic E-state index is 0.116. The highest BCUT2D eigenvalue weighted by Crippen LogP contribution is 2.15. The van der Waals surface area contributed by atoms with Crippen LogP contribution in [0.1, 0.15) is 245 Å². The van der Waals surface area contributed by atoms with E-state index in [2.05, 4.69) is 93.7 Å². The van der Waals surface area contributed by atoms with Gasteiger partial charge in [-0.05, 0) is 77.0 Å². The molecule has 6 heteroatoms. The minimum atomic E-state index is -0.813. The maximum absolute atomic E-state index is 12.8. The molecule has 0 saturated carbocycles. The summed E-state index contributed by atoms with van der Waals surface area (Å²) in [4.78, 5) is 37.9. The van der Waals surface area contributed by atoms with E-state index in [1.54, 1.807) is 0 Å². The van der Waals surface area contributed by atoms with Gasteiger partial charge in [-0.1, -0.05) is 222 Å². The largest absolute Gasteiger partial charge is 0.462 e. The van der Waals surface area contributed by atoms with Crippen molar-refractivity contribution < 1.29 is 28.6 Å². The highest BCUT2D eigenvalue weighted by Gasteiger charge is 2.19. The van der Waals surface area contributed by atoms with Gasteiger partial charge in [0.15, 0.2) is 6.10 Å². The number of esters is 3. The zero-order chi connectivity index (χ0) is 45.1. The lowest BCUT2D eigenvalue weighted by atomic mass is 10.0. The van der Waals surface area contributed by atoms with Crippen LogP contribution in [0.2, 0.25) is 0 Å².